The van der Waals surface area contributed by atoms with E-state index in [1.807, 2.05) is 43.5 Å². The number of thiophene rings is 1. The molecule has 0 aliphatic heterocycles. The Morgan fingerprint density at radius 3 is 2.67 bits per heavy atom. The summed E-state index contributed by atoms with van der Waals surface area (Å²) in [7, 11) is 0. The highest BCUT2D eigenvalue weighted by Gasteiger charge is 2.12. The number of anilines is 1. The second-order valence-corrected chi connectivity index (χ2v) is 6.46. The molecule has 0 saturated carbocycles. The second kappa shape index (κ2) is 5.88. The lowest BCUT2D eigenvalue weighted by atomic mass is 10.3. The lowest BCUT2D eigenvalue weighted by Crippen LogP contribution is -2.10. The highest BCUT2D eigenvalue weighted by Crippen LogP contribution is 2.33. The van der Waals surface area contributed by atoms with Crippen molar-refractivity contribution in [3.63, 3.8) is 0 Å². The van der Waals surface area contributed by atoms with Gasteiger partial charge in [0.05, 0.1) is 5.39 Å². The Hall–Kier alpha value is -1.83. The number of aromatic nitrogens is 2. The Morgan fingerprint density at radius 1 is 1.24 bits per heavy atom. The van der Waals surface area contributed by atoms with Gasteiger partial charge < -0.3 is 4.74 Å². The van der Waals surface area contributed by atoms with E-state index in [1.54, 1.807) is 23.1 Å². The fourth-order valence-corrected chi connectivity index (χ4v) is 3.19. The number of thioether (sulfide) groups is 1. The highest BCUT2D eigenvalue weighted by atomic mass is 32.2. The predicted octanol–water partition coefficient (Wildman–Crippen LogP) is 3.80. The van der Waals surface area contributed by atoms with Gasteiger partial charge in [0.2, 0.25) is 11.8 Å². The Balaban J connectivity index is 2.01. The number of nitrogen functional groups attached to an aromatic ring is 1. The van der Waals surface area contributed by atoms with Crippen molar-refractivity contribution in [2.24, 2.45) is 5.84 Å². The molecule has 0 spiro atoms. The molecule has 1 aromatic carbocycles. The van der Waals surface area contributed by atoms with Crippen molar-refractivity contribution in [1.82, 2.24) is 9.97 Å². The minimum Gasteiger partial charge on any atom is -0.438 e. The number of fused-ring (bicyclic) bond motifs is 1. The third-order valence-corrected chi connectivity index (χ3v) is 4.57. The Bertz CT molecular complexity index is 770. The van der Waals surface area contributed by atoms with Crippen molar-refractivity contribution < 1.29 is 4.74 Å². The number of nitrogens with zero attached hydrogens (tertiary/aromatic N) is 2. The molecule has 3 aromatic rings. The summed E-state index contributed by atoms with van der Waals surface area (Å²) < 4.78 is 5.90. The van der Waals surface area contributed by atoms with Crippen molar-refractivity contribution in [1.29, 1.82) is 0 Å². The third-order valence-electron chi connectivity index (χ3n) is 2.88. The normalized spacial score (nSPS) is 10.8. The van der Waals surface area contributed by atoms with E-state index in [-0.39, 0.29) is 0 Å². The van der Waals surface area contributed by atoms with Gasteiger partial charge in [-0.05, 0) is 43.5 Å². The zero-order valence-electron chi connectivity index (χ0n) is 11.6. The number of hydrogen-bond donors (Lipinski definition) is 2. The first-order valence-electron chi connectivity index (χ1n) is 6.26. The summed E-state index contributed by atoms with van der Waals surface area (Å²) in [4.78, 5) is 11.8. The molecule has 2 aromatic heterocycles. The minimum absolute atomic E-state index is 0.347. The number of aryl methyl sites for hydroxylation is 1. The van der Waals surface area contributed by atoms with Crippen LogP contribution < -0.4 is 16.0 Å². The Kier molecular flexibility index (Phi) is 3.96. The largest absolute Gasteiger partial charge is 0.438 e. The van der Waals surface area contributed by atoms with Crippen LogP contribution in [0.25, 0.3) is 10.2 Å². The number of ether oxygens (including phenoxy) is 1. The van der Waals surface area contributed by atoms with Gasteiger partial charge in [0, 0.05) is 9.77 Å². The highest BCUT2D eigenvalue weighted by molar-refractivity contribution is 7.98. The molecule has 3 rings (SSSR count). The van der Waals surface area contributed by atoms with E-state index < -0.39 is 0 Å². The van der Waals surface area contributed by atoms with E-state index in [4.69, 9.17) is 10.6 Å². The number of hydrazine groups is 1. The maximum absolute atomic E-state index is 5.90. The summed E-state index contributed by atoms with van der Waals surface area (Å²) in [5.41, 5.74) is 2.47. The van der Waals surface area contributed by atoms with Crippen LogP contribution in [-0.4, -0.2) is 16.2 Å². The predicted molar refractivity (Wildman–Crippen MR) is 88.3 cm³/mol. The summed E-state index contributed by atoms with van der Waals surface area (Å²) >= 11 is 3.27. The smallest absolute Gasteiger partial charge is 0.241 e. The van der Waals surface area contributed by atoms with E-state index in [1.165, 1.54) is 4.90 Å². The van der Waals surface area contributed by atoms with Gasteiger partial charge in [0.15, 0.2) is 0 Å². The van der Waals surface area contributed by atoms with Gasteiger partial charge in [0.25, 0.3) is 0 Å². The molecule has 0 saturated heterocycles. The molecular weight excluding hydrogens is 304 g/mol. The molecule has 0 bridgehead atoms. The van der Waals surface area contributed by atoms with E-state index in [0.29, 0.717) is 11.8 Å². The number of nitrogens with two attached hydrogens (primary N) is 1. The molecule has 5 nitrogen and oxygen atoms in total. The first-order chi connectivity index (χ1) is 10.2. The first-order valence-corrected chi connectivity index (χ1v) is 8.30. The van der Waals surface area contributed by atoms with Crippen LogP contribution in [0.4, 0.5) is 5.95 Å². The number of benzene rings is 1. The van der Waals surface area contributed by atoms with E-state index in [0.717, 1.165) is 20.8 Å². The summed E-state index contributed by atoms with van der Waals surface area (Å²) in [6.07, 6.45) is 2.04. The molecule has 0 amide bonds. The molecule has 0 atom stereocenters. The molecule has 0 unspecified atom stereocenters. The van der Waals surface area contributed by atoms with Gasteiger partial charge in [-0.1, -0.05) is 0 Å². The van der Waals surface area contributed by atoms with Crippen LogP contribution in [-0.2, 0) is 0 Å². The van der Waals surface area contributed by atoms with Crippen molar-refractivity contribution >= 4 is 39.3 Å². The van der Waals surface area contributed by atoms with Gasteiger partial charge in [-0.15, -0.1) is 23.1 Å². The van der Waals surface area contributed by atoms with Crippen LogP contribution in [0.15, 0.2) is 35.2 Å². The van der Waals surface area contributed by atoms with Crippen LogP contribution in [0.5, 0.6) is 11.6 Å². The third kappa shape index (κ3) is 2.94. The Morgan fingerprint density at radius 2 is 2.00 bits per heavy atom. The maximum atomic E-state index is 5.90. The van der Waals surface area contributed by atoms with Crippen LogP contribution in [0.1, 0.15) is 4.88 Å². The van der Waals surface area contributed by atoms with E-state index >= 15 is 0 Å². The van der Waals surface area contributed by atoms with Gasteiger partial charge in [0.1, 0.15) is 10.6 Å². The van der Waals surface area contributed by atoms with Crippen LogP contribution in [0.2, 0.25) is 0 Å². The average molecular weight is 318 g/mol. The number of rotatable bonds is 4. The van der Waals surface area contributed by atoms with Crippen molar-refractivity contribution in [3.8, 4) is 11.6 Å². The number of nitrogens with one attached hydrogen (secondary N) is 1. The summed E-state index contributed by atoms with van der Waals surface area (Å²) in [5.74, 6) is 7.01. The van der Waals surface area contributed by atoms with Crippen molar-refractivity contribution in [2.75, 3.05) is 11.7 Å². The van der Waals surface area contributed by atoms with Crippen LogP contribution in [0.3, 0.4) is 0 Å². The van der Waals surface area contributed by atoms with Gasteiger partial charge in [-0.25, -0.2) is 10.8 Å². The topological polar surface area (TPSA) is 73.1 Å². The number of hydrogen-bond acceptors (Lipinski definition) is 7. The van der Waals surface area contributed by atoms with Crippen molar-refractivity contribution in [3.05, 3.63) is 35.2 Å². The molecule has 0 aliphatic rings. The van der Waals surface area contributed by atoms with E-state index in [2.05, 4.69) is 15.4 Å². The SMILES string of the molecule is CSc1ccc(Oc2nc(NN)nc3sc(C)cc23)cc1. The fraction of sp³-hybridized carbons (Fsp3) is 0.143. The minimum atomic E-state index is 0.347. The van der Waals surface area contributed by atoms with Gasteiger partial charge in [-0.2, -0.15) is 4.98 Å². The lowest BCUT2D eigenvalue weighted by molar-refractivity contribution is 0.468. The zero-order chi connectivity index (χ0) is 14.8. The summed E-state index contributed by atoms with van der Waals surface area (Å²) in [5, 5.41) is 0.894. The molecule has 0 fully saturated rings. The van der Waals surface area contributed by atoms with Gasteiger partial charge in [-0.3, -0.25) is 5.43 Å². The van der Waals surface area contributed by atoms with E-state index in [9.17, 15) is 0 Å². The standard InChI is InChI=1S/C14H14N4OS2/c1-8-7-11-12(16-14(18-15)17-13(11)21-8)19-9-3-5-10(20-2)6-4-9/h3-7H,15H2,1-2H3,(H,16,17,18). The maximum Gasteiger partial charge on any atom is 0.241 e. The molecule has 0 radical (unpaired) electrons. The molecular formula is C14H14N4OS2. The summed E-state index contributed by atoms with van der Waals surface area (Å²) in [6.45, 7) is 2.03. The molecule has 108 valence electrons. The quantitative estimate of drug-likeness (QED) is 0.433. The molecule has 21 heavy (non-hydrogen) atoms. The Labute approximate surface area is 130 Å². The molecule has 7 heteroatoms. The molecule has 2 heterocycles. The summed E-state index contributed by atoms with van der Waals surface area (Å²) in [6, 6.07) is 9.90. The monoisotopic (exact) mass is 318 g/mol. The average Bonchev–Trinajstić information content (AvgIpc) is 2.88. The van der Waals surface area contributed by atoms with Gasteiger partial charge >= 0.3 is 0 Å². The molecule has 3 N–H and O–H groups in total. The first kappa shape index (κ1) is 14.1. The fourth-order valence-electron chi connectivity index (χ4n) is 1.91. The second-order valence-electron chi connectivity index (χ2n) is 4.35. The lowest BCUT2D eigenvalue weighted by Gasteiger charge is -2.08. The van der Waals surface area contributed by atoms with Crippen LogP contribution >= 0.6 is 23.1 Å². The van der Waals surface area contributed by atoms with Crippen LogP contribution in [0, 0.1) is 6.92 Å². The molecule has 0 aliphatic carbocycles. The van der Waals surface area contributed by atoms with Crippen molar-refractivity contribution in [2.45, 2.75) is 11.8 Å². The zero-order valence-corrected chi connectivity index (χ0v) is 13.2.